The summed E-state index contributed by atoms with van der Waals surface area (Å²) in [6, 6.07) is 1.45. The SMILES string of the molecule is CCOc1nccc(C(O)CC(C)OC)c1F. The van der Waals surface area contributed by atoms with E-state index >= 15 is 0 Å². The molecule has 2 unspecified atom stereocenters. The standard InChI is InChI=1S/C12H18FNO3/c1-4-17-12-11(13)9(5-6-14-12)10(15)7-8(2)16-3/h5-6,8,10,15H,4,7H2,1-3H3. The van der Waals surface area contributed by atoms with Crippen molar-refractivity contribution in [1.29, 1.82) is 0 Å². The van der Waals surface area contributed by atoms with Crippen molar-refractivity contribution >= 4 is 0 Å². The molecule has 2 atom stereocenters. The fourth-order valence-corrected chi connectivity index (χ4v) is 1.47. The molecule has 1 rings (SSSR count). The number of pyridine rings is 1. The molecule has 96 valence electrons. The van der Waals surface area contributed by atoms with Gasteiger partial charge in [-0.05, 0) is 19.9 Å². The molecule has 0 radical (unpaired) electrons. The van der Waals surface area contributed by atoms with Crippen LogP contribution in [-0.2, 0) is 4.74 Å². The maximum absolute atomic E-state index is 13.9. The number of nitrogens with zero attached hydrogens (tertiary/aromatic N) is 1. The Balaban J connectivity index is 2.86. The first-order valence-corrected chi connectivity index (χ1v) is 5.58. The van der Waals surface area contributed by atoms with Gasteiger partial charge in [0.2, 0.25) is 0 Å². The lowest BCUT2D eigenvalue weighted by Gasteiger charge is -2.16. The third-order valence-corrected chi connectivity index (χ3v) is 2.48. The van der Waals surface area contributed by atoms with Crippen LogP contribution in [-0.4, -0.2) is 29.9 Å². The van der Waals surface area contributed by atoms with Gasteiger partial charge in [0.15, 0.2) is 5.82 Å². The number of halogens is 1. The molecule has 0 amide bonds. The summed E-state index contributed by atoms with van der Waals surface area (Å²) in [5, 5.41) is 9.89. The third kappa shape index (κ3) is 3.64. The summed E-state index contributed by atoms with van der Waals surface area (Å²) in [5.74, 6) is -0.681. The molecule has 0 aliphatic carbocycles. The van der Waals surface area contributed by atoms with E-state index in [1.165, 1.54) is 12.3 Å². The lowest BCUT2D eigenvalue weighted by atomic mass is 10.0. The number of hydrogen-bond donors (Lipinski definition) is 1. The summed E-state index contributed by atoms with van der Waals surface area (Å²) in [6.07, 6.45) is 0.674. The van der Waals surface area contributed by atoms with Crippen molar-refractivity contribution in [3.05, 3.63) is 23.6 Å². The average Bonchev–Trinajstić information content (AvgIpc) is 2.31. The molecule has 1 N–H and O–H groups in total. The first-order chi connectivity index (χ1) is 8.10. The quantitative estimate of drug-likeness (QED) is 0.831. The number of methoxy groups -OCH3 is 1. The highest BCUT2D eigenvalue weighted by molar-refractivity contribution is 5.25. The van der Waals surface area contributed by atoms with Crippen LogP contribution in [0.1, 0.15) is 31.9 Å². The van der Waals surface area contributed by atoms with E-state index in [0.29, 0.717) is 13.0 Å². The molecule has 0 aromatic carbocycles. The van der Waals surface area contributed by atoms with Gasteiger partial charge in [-0.25, -0.2) is 9.37 Å². The van der Waals surface area contributed by atoms with Crippen molar-refractivity contribution in [3.8, 4) is 5.88 Å². The van der Waals surface area contributed by atoms with Crippen LogP contribution in [0.5, 0.6) is 5.88 Å². The molecule has 0 aliphatic heterocycles. The fraction of sp³-hybridized carbons (Fsp3) is 0.583. The molecule has 17 heavy (non-hydrogen) atoms. The smallest absolute Gasteiger partial charge is 0.250 e. The Bertz CT molecular complexity index is 360. The highest BCUT2D eigenvalue weighted by atomic mass is 19.1. The Morgan fingerprint density at radius 1 is 1.53 bits per heavy atom. The number of hydrogen-bond acceptors (Lipinski definition) is 4. The minimum Gasteiger partial charge on any atom is -0.476 e. The van der Waals surface area contributed by atoms with E-state index in [-0.39, 0.29) is 17.5 Å². The number of aliphatic hydroxyl groups is 1. The number of aromatic nitrogens is 1. The van der Waals surface area contributed by atoms with Crippen molar-refractivity contribution in [2.24, 2.45) is 0 Å². The summed E-state index contributed by atoms with van der Waals surface area (Å²) in [6.45, 7) is 3.89. The molecule has 1 aromatic heterocycles. The summed E-state index contributed by atoms with van der Waals surface area (Å²) >= 11 is 0. The predicted molar refractivity (Wildman–Crippen MR) is 61.4 cm³/mol. The molecule has 1 heterocycles. The summed E-state index contributed by atoms with van der Waals surface area (Å²) in [4.78, 5) is 3.77. The van der Waals surface area contributed by atoms with Gasteiger partial charge >= 0.3 is 0 Å². The van der Waals surface area contributed by atoms with E-state index in [1.54, 1.807) is 14.0 Å². The topological polar surface area (TPSA) is 51.6 Å². The first kappa shape index (κ1) is 13.9. The molecule has 0 bridgehead atoms. The number of rotatable bonds is 6. The molecule has 4 nitrogen and oxygen atoms in total. The molecule has 1 aromatic rings. The van der Waals surface area contributed by atoms with Gasteiger partial charge in [-0.2, -0.15) is 0 Å². The van der Waals surface area contributed by atoms with Gasteiger partial charge in [0.05, 0.1) is 18.8 Å². The second-order valence-corrected chi connectivity index (χ2v) is 3.75. The second kappa shape index (κ2) is 6.51. The number of ether oxygens (including phenoxy) is 2. The summed E-state index contributed by atoms with van der Waals surface area (Å²) < 4.78 is 23.9. The molecule has 0 spiro atoms. The van der Waals surface area contributed by atoms with Crippen LogP contribution in [0.25, 0.3) is 0 Å². The Labute approximate surface area is 100 Å². The van der Waals surface area contributed by atoms with Gasteiger partial charge in [0.1, 0.15) is 0 Å². The van der Waals surface area contributed by atoms with E-state index in [2.05, 4.69) is 4.98 Å². The van der Waals surface area contributed by atoms with Crippen LogP contribution >= 0.6 is 0 Å². The monoisotopic (exact) mass is 243 g/mol. The van der Waals surface area contributed by atoms with E-state index in [4.69, 9.17) is 9.47 Å². The lowest BCUT2D eigenvalue weighted by molar-refractivity contribution is 0.0542. The van der Waals surface area contributed by atoms with Crippen molar-refractivity contribution in [3.63, 3.8) is 0 Å². The van der Waals surface area contributed by atoms with E-state index < -0.39 is 11.9 Å². The highest BCUT2D eigenvalue weighted by Gasteiger charge is 2.19. The van der Waals surface area contributed by atoms with Crippen molar-refractivity contribution in [2.75, 3.05) is 13.7 Å². The maximum Gasteiger partial charge on any atom is 0.250 e. The molecule has 0 saturated heterocycles. The Morgan fingerprint density at radius 3 is 2.82 bits per heavy atom. The van der Waals surface area contributed by atoms with Crippen LogP contribution in [0.4, 0.5) is 4.39 Å². The summed E-state index contributed by atoms with van der Waals surface area (Å²) in [5.41, 5.74) is 0.187. The Hall–Kier alpha value is -1.20. The first-order valence-electron chi connectivity index (χ1n) is 5.58. The average molecular weight is 243 g/mol. The zero-order chi connectivity index (χ0) is 12.8. The van der Waals surface area contributed by atoms with Crippen LogP contribution in [0.3, 0.4) is 0 Å². The van der Waals surface area contributed by atoms with Crippen molar-refractivity contribution in [1.82, 2.24) is 4.98 Å². The molecule has 5 heteroatoms. The van der Waals surface area contributed by atoms with Gasteiger partial charge in [-0.3, -0.25) is 0 Å². The maximum atomic E-state index is 13.9. The fourth-order valence-electron chi connectivity index (χ4n) is 1.47. The normalized spacial score (nSPS) is 14.4. The van der Waals surface area contributed by atoms with Gasteiger partial charge in [0, 0.05) is 25.3 Å². The van der Waals surface area contributed by atoms with Crippen LogP contribution in [0, 0.1) is 5.82 Å². The van der Waals surface area contributed by atoms with Crippen molar-refractivity contribution < 1.29 is 19.0 Å². The third-order valence-electron chi connectivity index (χ3n) is 2.48. The molecular formula is C12H18FNO3. The predicted octanol–water partition coefficient (Wildman–Crippen LogP) is 2.08. The Morgan fingerprint density at radius 2 is 2.24 bits per heavy atom. The van der Waals surface area contributed by atoms with Crippen LogP contribution in [0.15, 0.2) is 12.3 Å². The van der Waals surface area contributed by atoms with Crippen LogP contribution < -0.4 is 4.74 Å². The van der Waals surface area contributed by atoms with Gasteiger partial charge in [-0.15, -0.1) is 0 Å². The molecule has 0 aliphatic rings. The summed E-state index contributed by atoms with van der Waals surface area (Å²) in [7, 11) is 1.55. The van der Waals surface area contributed by atoms with Gasteiger partial charge in [0.25, 0.3) is 5.88 Å². The number of aliphatic hydroxyl groups excluding tert-OH is 1. The lowest BCUT2D eigenvalue weighted by Crippen LogP contribution is -2.13. The second-order valence-electron chi connectivity index (χ2n) is 3.75. The minimum atomic E-state index is -0.924. The van der Waals surface area contributed by atoms with E-state index in [1.807, 2.05) is 6.92 Å². The molecule has 0 saturated carbocycles. The van der Waals surface area contributed by atoms with Gasteiger partial charge in [-0.1, -0.05) is 0 Å². The Kier molecular flexibility index (Phi) is 5.31. The van der Waals surface area contributed by atoms with Gasteiger partial charge < -0.3 is 14.6 Å². The molecular weight excluding hydrogens is 225 g/mol. The van der Waals surface area contributed by atoms with Crippen LogP contribution in [0.2, 0.25) is 0 Å². The van der Waals surface area contributed by atoms with Crippen molar-refractivity contribution in [2.45, 2.75) is 32.5 Å². The zero-order valence-electron chi connectivity index (χ0n) is 10.3. The largest absolute Gasteiger partial charge is 0.476 e. The minimum absolute atomic E-state index is 0.0749. The molecule has 0 fully saturated rings. The van der Waals surface area contributed by atoms with E-state index in [9.17, 15) is 9.50 Å². The highest BCUT2D eigenvalue weighted by Crippen LogP contribution is 2.26. The zero-order valence-corrected chi connectivity index (χ0v) is 10.3. The van der Waals surface area contributed by atoms with E-state index in [0.717, 1.165) is 0 Å².